The molecule has 0 aromatic rings. The van der Waals surface area contributed by atoms with E-state index in [0.717, 1.165) is 122 Å². The average Bonchev–Trinajstić information content (AvgIpc) is 3.62. The molecule has 49 heavy (non-hydrogen) atoms. The van der Waals surface area contributed by atoms with Crippen LogP contribution in [0.4, 0.5) is 0 Å². The molecule has 0 aromatic carbocycles. The van der Waals surface area contributed by atoms with Crippen molar-refractivity contribution < 1.29 is 28.6 Å². The van der Waals surface area contributed by atoms with Gasteiger partial charge in [-0.3, -0.25) is 14.4 Å². The minimum atomic E-state index is -0.103. The lowest BCUT2D eigenvalue weighted by molar-refractivity contribution is -0.150. The summed E-state index contributed by atoms with van der Waals surface area (Å²) in [4.78, 5) is 36.9. The van der Waals surface area contributed by atoms with Crippen LogP contribution in [0, 0.1) is 0 Å². The molecular formula is C43H76O6. The molecule has 2 unspecified atom stereocenters. The molecule has 6 nitrogen and oxygen atoms in total. The number of rotatable bonds is 35. The van der Waals surface area contributed by atoms with Gasteiger partial charge in [0.1, 0.15) is 18.5 Å². The molecule has 6 heteroatoms. The normalized spacial score (nSPS) is 15.3. The monoisotopic (exact) mass is 689 g/mol. The molecule has 0 radical (unpaired) electrons. The van der Waals surface area contributed by atoms with Gasteiger partial charge in [0.2, 0.25) is 0 Å². The van der Waals surface area contributed by atoms with Crippen molar-refractivity contribution in [3.63, 3.8) is 0 Å². The number of unbranched alkanes of at least 4 members (excludes halogenated alkanes) is 16. The minimum absolute atomic E-state index is 0.0204. The molecule has 284 valence electrons. The van der Waals surface area contributed by atoms with Crippen LogP contribution < -0.4 is 0 Å². The predicted octanol–water partition coefficient (Wildman–Crippen LogP) is 12.3. The zero-order valence-electron chi connectivity index (χ0n) is 32.0. The van der Waals surface area contributed by atoms with E-state index in [0.29, 0.717) is 38.1 Å². The summed E-state index contributed by atoms with van der Waals surface area (Å²) in [5.74, 6) is 0.199. The fourth-order valence-electron chi connectivity index (χ4n) is 6.44. The first-order valence-electron chi connectivity index (χ1n) is 20.8. The molecule has 0 N–H and O–H groups in total. The van der Waals surface area contributed by atoms with Crippen LogP contribution in [0.25, 0.3) is 0 Å². The minimum Gasteiger partial charge on any atom is -0.462 e. The van der Waals surface area contributed by atoms with E-state index in [-0.39, 0.29) is 24.1 Å². The lowest BCUT2D eigenvalue weighted by Crippen LogP contribution is -2.19. The van der Waals surface area contributed by atoms with E-state index in [1.807, 2.05) is 6.08 Å². The molecule has 0 aromatic heterocycles. The van der Waals surface area contributed by atoms with E-state index in [4.69, 9.17) is 14.2 Å². The SMILES string of the molecule is CCCCCC/C=C/CCC(=O)CCCCCCCC(CCCCCCCC(=O)OC/C=C/CCCCCC)OC(=O)CCC1CCCO1. The average molecular weight is 689 g/mol. The van der Waals surface area contributed by atoms with Gasteiger partial charge in [0, 0.05) is 32.3 Å². The second-order valence-electron chi connectivity index (χ2n) is 14.3. The quantitative estimate of drug-likeness (QED) is 0.0374. The summed E-state index contributed by atoms with van der Waals surface area (Å²) in [7, 11) is 0. The van der Waals surface area contributed by atoms with Crippen LogP contribution in [0.15, 0.2) is 24.3 Å². The number of hydrogen-bond donors (Lipinski definition) is 0. The van der Waals surface area contributed by atoms with E-state index in [1.165, 1.54) is 51.4 Å². The lowest BCUT2D eigenvalue weighted by atomic mass is 10.0. The number of hydrogen-bond acceptors (Lipinski definition) is 6. The third-order valence-electron chi connectivity index (χ3n) is 9.59. The zero-order valence-corrected chi connectivity index (χ0v) is 32.0. The van der Waals surface area contributed by atoms with Crippen LogP contribution in [-0.2, 0) is 28.6 Å². The largest absolute Gasteiger partial charge is 0.462 e. The van der Waals surface area contributed by atoms with Crippen molar-refractivity contribution in [1.29, 1.82) is 0 Å². The molecule has 1 fully saturated rings. The van der Waals surface area contributed by atoms with Gasteiger partial charge in [0.15, 0.2) is 0 Å². The summed E-state index contributed by atoms with van der Waals surface area (Å²) < 4.78 is 17.0. The molecule has 0 aliphatic carbocycles. The van der Waals surface area contributed by atoms with Gasteiger partial charge in [-0.25, -0.2) is 0 Å². The summed E-state index contributed by atoms with van der Waals surface area (Å²) in [6, 6.07) is 0. The smallest absolute Gasteiger partial charge is 0.306 e. The number of esters is 2. The van der Waals surface area contributed by atoms with Gasteiger partial charge < -0.3 is 14.2 Å². The van der Waals surface area contributed by atoms with Gasteiger partial charge in [0.05, 0.1) is 6.10 Å². The van der Waals surface area contributed by atoms with Gasteiger partial charge in [0.25, 0.3) is 0 Å². The fourth-order valence-corrected chi connectivity index (χ4v) is 6.44. The Labute approximate surface area is 302 Å². The molecule has 1 aliphatic heterocycles. The van der Waals surface area contributed by atoms with Crippen molar-refractivity contribution >= 4 is 17.7 Å². The number of carbonyl (C=O) groups excluding carboxylic acids is 3. The third-order valence-corrected chi connectivity index (χ3v) is 9.59. The van der Waals surface area contributed by atoms with E-state index in [9.17, 15) is 14.4 Å². The van der Waals surface area contributed by atoms with Gasteiger partial charge in [-0.1, -0.05) is 115 Å². The van der Waals surface area contributed by atoms with Crippen molar-refractivity contribution in [3.8, 4) is 0 Å². The van der Waals surface area contributed by atoms with Crippen molar-refractivity contribution in [2.45, 2.75) is 219 Å². The number of ether oxygens (including phenoxy) is 3. The third kappa shape index (κ3) is 30.6. The van der Waals surface area contributed by atoms with Gasteiger partial charge in [-0.15, -0.1) is 0 Å². The Morgan fingerprint density at radius 1 is 0.612 bits per heavy atom. The van der Waals surface area contributed by atoms with Crippen LogP contribution in [0.5, 0.6) is 0 Å². The zero-order chi connectivity index (χ0) is 35.5. The van der Waals surface area contributed by atoms with Gasteiger partial charge in [-0.05, 0) is 89.9 Å². The van der Waals surface area contributed by atoms with Gasteiger partial charge in [-0.2, -0.15) is 0 Å². The van der Waals surface area contributed by atoms with Crippen LogP contribution in [0.1, 0.15) is 206 Å². The number of ketones is 1. The standard InChI is InChI=1S/C43H76O6/c1-3-5-7-9-11-12-16-22-29-39(44)30-23-17-14-18-24-31-41(49-43(46)36-35-40-33-28-38-47-40)32-25-19-15-20-26-34-42(45)48-37-27-21-13-10-8-6-4-2/h12,16,21,27,40-41H,3-11,13-15,17-20,22-26,28-38H2,1-2H3/b16-12+,27-21+. The maximum Gasteiger partial charge on any atom is 0.306 e. The predicted molar refractivity (Wildman–Crippen MR) is 204 cm³/mol. The first-order valence-corrected chi connectivity index (χ1v) is 20.8. The first kappa shape index (κ1) is 45.1. The molecule has 1 aliphatic rings. The molecule has 1 rings (SSSR count). The van der Waals surface area contributed by atoms with Crippen LogP contribution in [0.2, 0.25) is 0 Å². The Morgan fingerprint density at radius 2 is 1.18 bits per heavy atom. The summed E-state index contributed by atoms with van der Waals surface area (Å²) in [6.45, 7) is 5.65. The maximum atomic E-state index is 12.7. The first-order chi connectivity index (χ1) is 24.0. The van der Waals surface area contributed by atoms with Crippen LogP contribution in [0.3, 0.4) is 0 Å². The molecule has 0 bridgehead atoms. The Balaban J connectivity index is 2.18. The molecular weight excluding hydrogens is 612 g/mol. The Bertz CT molecular complexity index is 791. The lowest BCUT2D eigenvalue weighted by Gasteiger charge is -2.19. The Hall–Kier alpha value is -1.95. The topological polar surface area (TPSA) is 78.9 Å². The second-order valence-corrected chi connectivity index (χ2v) is 14.3. The molecule has 2 atom stereocenters. The maximum absolute atomic E-state index is 12.7. The highest BCUT2D eigenvalue weighted by atomic mass is 16.5. The summed E-state index contributed by atoms with van der Waals surface area (Å²) in [5, 5.41) is 0. The highest BCUT2D eigenvalue weighted by molar-refractivity contribution is 5.78. The molecule has 0 saturated carbocycles. The number of carbonyl (C=O) groups is 3. The summed E-state index contributed by atoms with van der Waals surface area (Å²) in [5.41, 5.74) is 0. The Morgan fingerprint density at radius 3 is 1.82 bits per heavy atom. The van der Waals surface area contributed by atoms with E-state index < -0.39 is 0 Å². The van der Waals surface area contributed by atoms with Gasteiger partial charge >= 0.3 is 11.9 Å². The second kappa shape index (κ2) is 34.5. The fraction of sp³-hybridized carbons (Fsp3) is 0.837. The van der Waals surface area contributed by atoms with Crippen molar-refractivity contribution in [2.24, 2.45) is 0 Å². The highest BCUT2D eigenvalue weighted by Crippen LogP contribution is 2.20. The highest BCUT2D eigenvalue weighted by Gasteiger charge is 2.19. The van der Waals surface area contributed by atoms with Crippen LogP contribution >= 0.6 is 0 Å². The summed E-state index contributed by atoms with van der Waals surface area (Å²) >= 11 is 0. The van der Waals surface area contributed by atoms with Crippen LogP contribution in [-0.4, -0.2) is 43.1 Å². The van der Waals surface area contributed by atoms with Crippen molar-refractivity contribution in [2.75, 3.05) is 13.2 Å². The number of allylic oxidation sites excluding steroid dienone is 3. The molecule has 1 saturated heterocycles. The van der Waals surface area contributed by atoms with E-state index in [2.05, 4.69) is 32.1 Å². The van der Waals surface area contributed by atoms with E-state index >= 15 is 0 Å². The molecule has 1 heterocycles. The number of Topliss-reactive ketones (excluding diaryl/α,β-unsaturated/α-hetero) is 1. The van der Waals surface area contributed by atoms with Crippen molar-refractivity contribution in [1.82, 2.24) is 0 Å². The summed E-state index contributed by atoms with van der Waals surface area (Å²) in [6.07, 6.45) is 39.4. The Kier molecular flexibility index (Phi) is 31.7. The van der Waals surface area contributed by atoms with Crippen molar-refractivity contribution in [3.05, 3.63) is 24.3 Å². The molecule has 0 spiro atoms. The molecule has 0 amide bonds. The van der Waals surface area contributed by atoms with E-state index in [1.54, 1.807) is 0 Å².